The highest BCUT2D eigenvalue weighted by Gasteiger charge is 2.24. The van der Waals surface area contributed by atoms with Crippen LogP contribution in [0, 0.1) is 5.92 Å². The Morgan fingerprint density at radius 3 is 2.56 bits per heavy atom. The second-order valence-corrected chi connectivity index (χ2v) is 7.05. The van der Waals surface area contributed by atoms with E-state index in [2.05, 4.69) is 5.32 Å². The Balaban J connectivity index is 1.77. The number of nitrogens with one attached hydrogen (secondary N) is 1. The van der Waals surface area contributed by atoms with Gasteiger partial charge in [0.1, 0.15) is 5.75 Å². The smallest absolute Gasteiger partial charge is 0.223 e. The van der Waals surface area contributed by atoms with Gasteiger partial charge in [0.15, 0.2) is 5.78 Å². The summed E-state index contributed by atoms with van der Waals surface area (Å²) in [7, 11) is 1.58. The third-order valence-electron chi connectivity index (χ3n) is 4.91. The number of nitrogens with zero attached hydrogens (tertiary/aromatic N) is 1. The molecule has 2 amide bonds. The van der Waals surface area contributed by atoms with Gasteiger partial charge in [0.05, 0.1) is 7.11 Å². The Hall–Kier alpha value is -2.37. The monoisotopic (exact) mass is 374 g/mol. The Morgan fingerprint density at radius 2 is 1.89 bits per heavy atom. The number of likely N-dealkylation sites (tertiary alicyclic amines) is 1. The molecule has 1 aliphatic heterocycles. The van der Waals surface area contributed by atoms with E-state index < -0.39 is 0 Å². The first kappa shape index (κ1) is 20.9. The first-order valence-electron chi connectivity index (χ1n) is 9.75. The zero-order chi connectivity index (χ0) is 19.6. The molecule has 0 spiro atoms. The van der Waals surface area contributed by atoms with Gasteiger partial charge in [-0.05, 0) is 49.4 Å². The Bertz CT molecular complexity index is 642. The van der Waals surface area contributed by atoms with Crippen molar-refractivity contribution in [3.63, 3.8) is 0 Å². The second kappa shape index (κ2) is 10.7. The maximum Gasteiger partial charge on any atom is 0.223 e. The summed E-state index contributed by atoms with van der Waals surface area (Å²) in [5, 5.41) is 2.95. The van der Waals surface area contributed by atoms with Gasteiger partial charge in [-0.3, -0.25) is 14.4 Å². The van der Waals surface area contributed by atoms with Crippen molar-refractivity contribution in [2.24, 2.45) is 5.92 Å². The first-order valence-corrected chi connectivity index (χ1v) is 9.75. The maximum atomic E-state index is 12.5. The molecule has 0 bridgehead atoms. The molecule has 1 aromatic carbocycles. The molecule has 6 nitrogen and oxygen atoms in total. The van der Waals surface area contributed by atoms with Crippen molar-refractivity contribution in [2.75, 3.05) is 26.7 Å². The summed E-state index contributed by atoms with van der Waals surface area (Å²) in [4.78, 5) is 38.2. The maximum absolute atomic E-state index is 12.5. The Morgan fingerprint density at radius 1 is 1.15 bits per heavy atom. The molecule has 1 fully saturated rings. The molecule has 0 aromatic heterocycles. The summed E-state index contributed by atoms with van der Waals surface area (Å²) in [5.74, 6) is 1.05. The number of carbonyl (C=O) groups excluding carboxylic acids is 3. The molecule has 2 rings (SSSR count). The number of Topliss-reactive ketones (excluding diaryl/α,β-unsaturated/α-hetero) is 1. The zero-order valence-corrected chi connectivity index (χ0v) is 16.3. The van der Waals surface area contributed by atoms with Crippen LogP contribution in [0.4, 0.5) is 0 Å². The highest BCUT2D eigenvalue weighted by molar-refractivity contribution is 5.98. The molecule has 1 N–H and O–H groups in total. The Kier molecular flexibility index (Phi) is 8.30. The molecule has 1 atom stereocenters. The van der Waals surface area contributed by atoms with E-state index in [1.807, 2.05) is 11.8 Å². The third-order valence-corrected chi connectivity index (χ3v) is 4.91. The van der Waals surface area contributed by atoms with Crippen LogP contribution < -0.4 is 10.1 Å². The van der Waals surface area contributed by atoms with Crippen LogP contribution in [0.2, 0.25) is 0 Å². The van der Waals surface area contributed by atoms with E-state index in [0.717, 1.165) is 25.8 Å². The SMILES string of the molecule is CCCC(=O)NCC1CCCN(C(=O)CCC(=O)c2ccc(OC)cc2)C1. The number of ether oxygens (including phenoxy) is 1. The molecule has 1 heterocycles. The van der Waals surface area contributed by atoms with E-state index in [4.69, 9.17) is 4.74 Å². The standard InChI is InChI=1S/C21H30N2O4/c1-3-5-20(25)22-14-16-6-4-13-23(15-16)21(26)12-11-19(24)17-7-9-18(27-2)10-8-17/h7-10,16H,3-6,11-15H2,1-2H3,(H,22,25). The summed E-state index contributed by atoms with van der Waals surface area (Å²) in [6.45, 7) is 3.98. The molecule has 1 aliphatic rings. The van der Waals surface area contributed by atoms with E-state index in [1.165, 1.54) is 0 Å². The summed E-state index contributed by atoms with van der Waals surface area (Å²) >= 11 is 0. The normalized spacial score (nSPS) is 16.7. The van der Waals surface area contributed by atoms with E-state index in [-0.39, 0.29) is 30.4 Å². The lowest BCUT2D eigenvalue weighted by Crippen LogP contribution is -2.43. The predicted molar refractivity (Wildman–Crippen MR) is 104 cm³/mol. The molecule has 6 heteroatoms. The number of piperidine rings is 1. The predicted octanol–water partition coefficient (Wildman–Crippen LogP) is 2.81. The van der Waals surface area contributed by atoms with Crippen LogP contribution in [0.1, 0.15) is 55.8 Å². The van der Waals surface area contributed by atoms with Crippen LogP contribution in [0.15, 0.2) is 24.3 Å². The molecule has 0 saturated carbocycles. The average Bonchev–Trinajstić information content (AvgIpc) is 2.70. The molecular formula is C21H30N2O4. The van der Waals surface area contributed by atoms with Crippen LogP contribution in [0.5, 0.6) is 5.75 Å². The van der Waals surface area contributed by atoms with Crippen molar-refractivity contribution in [3.8, 4) is 5.75 Å². The van der Waals surface area contributed by atoms with Crippen LogP contribution in [-0.4, -0.2) is 49.2 Å². The van der Waals surface area contributed by atoms with E-state index in [9.17, 15) is 14.4 Å². The minimum atomic E-state index is -0.0357. The Labute approximate surface area is 161 Å². The fourth-order valence-corrected chi connectivity index (χ4v) is 3.33. The lowest BCUT2D eigenvalue weighted by Gasteiger charge is -2.33. The van der Waals surface area contributed by atoms with Gasteiger partial charge >= 0.3 is 0 Å². The molecule has 1 saturated heterocycles. The number of hydrogen-bond acceptors (Lipinski definition) is 4. The van der Waals surface area contributed by atoms with Crippen LogP contribution in [0.25, 0.3) is 0 Å². The number of benzene rings is 1. The number of hydrogen-bond donors (Lipinski definition) is 1. The number of carbonyl (C=O) groups is 3. The van der Waals surface area contributed by atoms with Crippen LogP contribution in [-0.2, 0) is 9.59 Å². The van der Waals surface area contributed by atoms with Crippen molar-refractivity contribution >= 4 is 17.6 Å². The van der Waals surface area contributed by atoms with E-state index in [0.29, 0.717) is 36.7 Å². The van der Waals surface area contributed by atoms with Gasteiger partial charge in [0.25, 0.3) is 0 Å². The topological polar surface area (TPSA) is 75.7 Å². The molecule has 148 valence electrons. The van der Waals surface area contributed by atoms with Gasteiger partial charge in [-0.25, -0.2) is 0 Å². The van der Waals surface area contributed by atoms with Crippen LogP contribution >= 0.6 is 0 Å². The van der Waals surface area contributed by atoms with Gasteiger partial charge in [-0.15, -0.1) is 0 Å². The van der Waals surface area contributed by atoms with E-state index in [1.54, 1.807) is 31.4 Å². The first-order chi connectivity index (χ1) is 13.0. The third kappa shape index (κ3) is 6.70. The summed E-state index contributed by atoms with van der Waals surface area (Å²) in [6.07, 6.45) is 3.76. The van der Waals surface area contributed by atoms with Crippen LogP contribution in [0.3, 0.4) is 0 Å². The van der Waals surface area contributed by atoms with Gasteiger partial charge in [-0.1, -0.05) is 6.92 Å². The van der Waals surface area contributed by atoms with Gasteiger partial charge in [0.2, 0.25) is 11.8 Å². The average molecular weight is 374 g/mol. The fourth-order valence-electron chi connectivity index (χ4n) is 3.33. The van der Waals surface area contributed by atoms with Crippen molar-refractivity contribution in [1.29, 1.82) is 0 Å². The zero-order valence-electron chi connectivity index (χ0n) is 16.3. The lowest BCUT2D eigenvalue weighted by molar-refractivity contribution is -0.132. The number of amides is 2. The van der Waals surface area contributed by atoms with Gasteiger partial charge < -0.3 is 15.0 Å². The highest BCUT2D eigenvalue weighted by atomic mass is 16.5. The van der Waals surface area contributed by atoms with Crippen molar-refractivity contribution in [2.45, 2.75) is 45.4 Å². The second-order valence-electron chi connectivity index (χ2n) is 7.05. The fraction of sp³-hybridized carbons (Fsp3) is 0.571. The van der Waals surface area contributed by atoms with Gasteiger partial charge in [-0.2, -0.15) is 0 Å². The highest BCUT2D eigenvalue weighted by Crippen LogP contribution is 2.18. The molecule has 1 unspecified atom stereocenters. The minimum absolute atomic E-state index is 0.0152. The quantitative estimate of drug-likeness (QED) is 0.675. The number of ketones is 1. The lowest BCUT2D eigenvalue weighted by atomic mass is 9.97. The minimum Gasteiger partial charge on any atom is -0.497 e. The van der Waals surface area contributed by atoms with Gasteiger partial charge in [0, 0.05) is 44.5 Å². The molecule has 0 aliphatic carbocycles. The summed E-state index contributed by atoms with van der Waals surface area (Å²) in [6, 6.07) is 6.94. The van der Waals surface area contributed by atoms with Crippen molar-refractivity contribution in [3.05, 3.63) is 29.8 Å². The van der Waals surface area contributed by atoms with Crippen molar-refractivity contribution < 1.29 is 19.1 Å². The number of methoxy groups -OCH3 is 1. The summed E-state index contributed by atoms with van der Waals surface area (Å²) < 4.78 is 5.09. The molecule has 1 aromatic rings. The molecular weight excluding hydrogens is 344 g/mol. The molecule has 0 radical (unpaired) electrons. The largest absolute Gasteiger partial charge is 0.497 e. The van der Waals surface area contributed by atoms with Crippen molar-refractivity contribution in [1.82, 2.24) is 10.2 Å². The summed E-state index contributed by atoms with van der Waals surface area (Å²) in [5.41, 5.74) is 0.596. The molecule has 27 heavy (non-hydrogen) atoms. The van der Waals surface area contributed by atoms with E-state index >= 15 is 0 Å². The number of rotatable bonds is 9.